The van der Waals surface area contributed by atoms with Crippen LogP contribution in [0.5, 0.6) is 0 Å². The Morgan fingerprint density at radius 2 is 1.22 bits per heavy atom. The molecule has 0 N–H and O–H groups in total. The lowest BCUT2D eigenvalue weighted by Crippen LogP contribution is -2.10. The number of aromatic nitrogens is 4. The summed E-state index contributed by atoms with van der Waals surface area (Å²) in [6.45, 7) is 4.54. The maximum atomic E-state index is 5.02. The van der Waals surface area contributed by atoms with Gasteiger partial charge in [-0.1, -0.05) is 111 Å². The smallest absolute Gasteiger partial charge is 0.238 e. The van der Waals surface area contributed by atoms with Crippen LogP contribution in [0, 0.1) is 0 Å². The highest BCUT2D eigenvalue weighted by atomic mass is 15.2. The Morgan fingerprint density at radius 3 is 1.89 bits per heavy atom. The van der Waals surface area contributed by atoms with E-state index in [4.69, 9.17) is 15.0 Å². The van der Waals surface area contributed by atoms with Gasteiger partial charge in [0.25, 0.3) is 0 Å². The summed E-state index contributed by atoms with van der Waals surface area (Å²) in [4.78, 5) is 14.9. The number of allylic oxidation sites excluding steroid dienone is 1. The van der Waals surface area contributed by atoms with Crippen LogP contribution in [0.4, 0.5) is 0 Å². The molecule has 4 heteroatoms. The highest BCUT2D eigenvalue weighted by molar-refractivity contribution is 6.13. The molecule has 0 fully saturated rings. The minimum absolute atomic E-state index is 0.0147. The molecule has 0 bridgehead atoms. The topological polar surface area (TPSA) is 43.6 Å². The lowest BCUT2D eigenvalue weighted by molar-refractivity contribution is 0.684. The van der Waals surface area contributed by atoms with Crippen molar-refractivity contribution in [3.05, 3.63) is 114 Å². The summed E-state index contributed by atoms with van der Waals surface area (Å²) in [5.74, 6) is 1.94. The molecule has 2 aromatic heterocycles. The van der Waals surface area contributed by atoms with Crippen LogP contribution < -0.4 is 0 Å². The van der Waals surface area contributed by atoms with E-state index in [-0.39, 0.29) is 5.41 Å². The van der Waals surface area contributed by atoms with E-state index in [1.165, 1.54) is 21.9 Å². The molecule has 0 unspecified atom stereocenters. The molecule has 0 atom stereocenters. The number of fused-ring (bicyclic) bond motifs is 5. The van der Waals surface area contributed by atoms with Gasteiger partial charge in [-0.3, -0.25) is 4.57 Å². The quantitative estimate of drug-likeness (QED) is 0.271. The molecule has 2 heterocycles. The Morgan fingerprint density at radius 1 is 0.611 bits per heavy atom. The largest absolute Gasteiger partial charge is 0.278 e. The molecular formula is C32H24N4. The van der Waals surface area contributed by atoms with E-state index in [9.17, 15) is 0 Å². The number of para-hydroxylation sites is 1. The molecule has 0 radical (unpaired) electrons. The molecule has 1 aliphatic rings. The summed E-state index contributed by atoms with van der Waals surface area (Å²) in [6.07, 6.45) is 4.57. The average molecular weight is 465 g/mol. The Labute approximate surface area is 209 Å². The molecule has 172 valence electrons. The monoisotopic (exact) mass is 464 g/mol. The van der Waals surface area contributed by atoms with Gasteiger partial charge in [-0.05, 0) is 23.3 Å². The summed E-state index contributed by atoms with van der Waals surface area (Å²) >= 11 is 0. The van der Waals surface area contributed by atoms with E-state index in [0.29, 0.717) is 17.6 Å². The van der Waals surface area contributed by atoms with Crippen molar-refractivity contribution in [1.29, 1.82) is 0 Å². The van der Waals surface area contributed by atoms with Crippen molar-refractivity contribution < 1.29 is 0 Å². The van der Waals surface area contributed by atoms with Crippen LogP contribution in [0.1, 0.15) is 25.0 Å². The lowest BCUT2D eigenvalue weighted by atomic mass is 9.86. The SMILES string of the molecule is CC1(C)C=Cc2c1ccc1c2c2ccccc2n1-c1nc(-c2ccccc2)nc(-c2ccccc2)n1. The van der Waals surface area contributed by atoms with E-state index in [2.05, 4.69) is 67.0 Å². The van der Waals surface area contributed by atoms with Crippen molar-refractivity contribution in [1.82, 2.24) is 19.5 Å². The molecule has 7 rings (SSSR count). The minimum Gasteiger partial charge on any atom is -0.278 e. The first-order chi connectivity index (χ1) is 17.6. The summed E-state index contributed by atoms with van der Waals surface area (Å²) in [5.41, 5.74) is 6.76. The van der Waals surface area contributed by atoms with Crippen molar-refractivity contribution in [3.63, 3.8) is 0 Å². The fourth-order valence-electron chi connectivity index (χ4n) is 5.32. The molecule has 0 saturated heterocycles. The van der Waals surface area contributed by atoms with E-state index in [0.717, 1.165) is 22.2 Å². The molecule has 4 nitrogen and oxygen atoms in total. The molecule has 0 saturated carbocycles. The maximum absolute atomic E-state index is 5.02. The van der Waals surface area contributed by atoms with Crippen LogP contribution in [-0.2, 0) is 5.41 Å². The van der Waals surface area contributed by atoms with Crippen molar-refractivity contribution in [2.45, 2.75) is 19.3 Å². The normalized spacial score (nSPS) is 13.9. The summed E-state index contributed by atoms with van der Waals surface area (Å²) in [5, 5.41) is 2.45. The van der Waals surface area contributed by atoms with Gasteiger partial charge in [-0.2, -0.15) is 9.97 Å². The van der Waals surface area contributed by atoms with Gasteiger partial charge in [-0.15, -0.1) is 0 Å². The second-order valence-corrected chi connectivity index (χ2v) is 9.84. The number of benzene rings is 4. The zero-order valence-electron chi connectivity index (χ0n) is 20.2. The van der Waals surface area contributed by atoms with Gasteiger partial charge in [0.1, 0.15) is 0 Å². The number of nitrogens with zero attached hydrogens (tertiary/aromatic N) is 4. The van der Waals surface area contributed by atoms with E-state index < -0.39 is 0 Å². The van der Waals surface area contributed by atoms with Gasteiger partial charge in [-0.25, -0.2) is 4.98 Å². The first kappa shape index (κ1) is 20.8. The third kappa shape index (κ3) is 3.11. The molecule has 0 amide bonds. The van der Waals surface area contributed by atoms with Gasteiger partial charge < -0.3 is 0 Å². The Kier molecular flexibility index (Phi) is 4.45. The van der Waals surface area contributed by atoms with Crippen LogP contribution in [0.3, 0.4) is 0 Å². The predicted molar refractivity (Wildman–Crippen MR) is 147 cm³/mol. The van der Waals surface area contributed by atoms with E-state index in [1.807, 2.05) is 60.7 Å². The highest BCUT2D eigenvalue weighted by Gasteiger charge is 2.28. The molecule has 4 aromatic carbocycles. The molecule has 0 aliphatic heterocycles. The van der Waals surface area contributed by atoms with Gasteiger partial charge in [0, 0.05) is 27.3 Å². The first-order valence-electron chi connectivity index (χ1n) is 12.2. The van der Waals surface area contributed by atoms with Gasteiger partial charge >= 0.3 is 0 Å². The number of hydrogen-bond acceptors (Lipinski definition) is 3. The van der Waals surface area contributed by atoms with Crippen LogP contribution in [0.15, 0.2) is 103 Å². The third-order valence-electron chi connectivity index (χ3n) is 7.13. The van der Waals surface area contributed by atoms with Crippen LogP contribution >= 0.6 is 0 Å². The Balaban J connectivity index is 1.57. The van der Waals surface area contributed by atoms with Crippen molar-refractivity contribution >= 4 is 27.9 Å². The average Bonchev–Trinajstić information content (AvgIpc) is 3.43. The Hall–Kier alpha value is -4.57. The van der Waals surface area contributed by atoms with E-state index in [1.54, 1.807) is 0 Å². The zero-order valence-corrected chi connectivity index (χ0v) is 20.2. The maximum Gasteiger partial charge on any atom is 0.238 e. The van der Waals surface area contributed by atoms with Crippen LogP contribution in [-0.4, -0.2) is 19.5 Å². The lowest BCUT2D eigenvalue weighted by Gasteiger charge is -2.18. The van der Waals surface area contributed by atoms with Crippen molar-refractivity contribution in [3.8, 4) is 28.7 Å². The summed E-state index contributed by atoms with van der Waals surface area (Å²) in [7, 11) is 0. The van der Waals surface area contributed by atoms with Crippen molar-refractivity contribution in [2.24, 2.45) is 0 Å². The Bertz CT molecular complexity index is 1740. The van der Waals surface area contributed by atoms with Gasteiger partial charge in [0.2, 0.25) is 5.95 Å². The molecule has 0 spiro atoms. The number of hydrogen-bond donors (Lipinski definition) is 0. The minimum atomic E-state index is 0.0147. The molecule has 36 heavy (non-hydrogen) atoms. The highest BCUT2D eigenvalue weighted by Crippen LogP contribution is 2.43. The molecular weight excluding hydrogens is 440 g/mol. The van der Waals surface area contributed by atoms with Gasteiger partial charge in [0.15, 0.2) is 11.6 Å². The standard InChI is InChI=1S/C32H24N4/c1-32(2)20-19-23-25(32)17-18-27-28(23)24-15-9-10-16-26(24)36(27)31-34-29(21-11-5-3-6-12-21)33-30(35-31)22-13-7-4-8-14-22/h3-20H,1-2H3. The second kappa shape index (κ2) is 7.72. The third-order valence-corrected chi connectivity index (χ3v) is 7.13. The molecule has 1 aliphatic carbocycles. The van der Waals surface area contributed by atoms with Crippen LogP contribution in [0.2, 0.25) is 0 Å². The van der Waals surface area contributed by atoms with E-state index >= 15 is 0 Å². The predicted octanol–water partition coefficient (Wildman–Crippen LogP) is 7.61. The van der Waals surface area contributed by atoms with Gasteiger partial charge in [0.05, 0.1) is 11.0 Å². The fraction of sp³-hybridized carbons (Fsp3) is 0.0938. The summed E-state index contributed by atoms with van der Waals surface area (Å²) < 4.78 is 2.19. The van der Waals surface area contributed by atoms with Crippen molar-refractivity contribution in [2.75, 3.05) is 0 Å². The first-order valence-corrected chi connectivity index (χ1v) is 12.2. The fourth-order valence-corrected chi connectivity index (χ4v) is 5.32. The number of rotatable bonds is 3. The summed E-state index contributed by atoms with van der Waals surface area (Å²) in [6, 6.07) is 33.2. The van der Waals surface area contributed by atoms with Crippen LogP contribution in [0.25, 0.3) is 56.6 Å². The second-order valence-electron chi connectivity index (χ2n) is 9.84. The molecule has 6 aromatic rings. The zero-order chi connectivity index (χ0) is 24.3.